The van der Waals surface area contributed by atoms with Crippen LogP contribution >= 0.6 is 11.3 Å². The van der Waals surface area contributed by atoms with E-state index in [1.54, 1.807) is 0 Å². The lowest BCUT2D eigenvalue weighted by atomic mass is 9.99. The van der Waals surface area contributed by atoms with Crippen LogP contribution in [0.5, 0.6) is 0 Å². The quantitative estimate of drug-likeness (QED) is 0.852. The zero-order valence-electron chi connectivity index (χ0n) is 13.4. The molecule has 2 aliphatic rings. The first kappa shape index (κ1) is 14.3. The highest BCUT2D eigenvalue weighted by molar-refractivity contribution is 7.11. The highest BCUT2D eigenvalue weighted by Gasteiger charge is 2.40. The summed E-state index contributed by atoms with van der Waals surface area (Å²) in [5.41, 5.74) is 2.68. The monoisotopic (exact) mass is 313 g/mol. The molecule has 0 amide bonds. The van der Waals surface area contributed by atoms with Crippen LogP contribution < -0.4 is 0 Å². The Hall–Kier alpha value is -1.26. The summed E-state index contributed by atoms with van der Waals surface area (Å²) in [7, 11) is 0. The topological polar surface area (TPSA) is 29.0 Å². The Kier molecular flexibility index (Phi) is 3.74. The molecule has 2 unspecified atom stereocenters. The maximum Gasteiger partial charge on any atom is 0.125 e. The van der Waals surface area contributed by atoms with Gasteiger partial charge in [0.1, 0.15) is 5.82 Å². The second-order valence-corrected chi connectivity index (χ2v) is 7.81. The van der Waals surface area contributed by atoms with Crippen molar-refractivity contribution in [1.29, 1.82) is 0 Å². The molecule has 116 valence electrons. The van der Waals surface area contributed by atoms with Gasteiger partial charge >= 0.3 is 0 Å². The average Bonchev–Trinajstić information content (AvgIpc) is 3.04. The van der Waals surface area contributed by atoms with Gasteiger partial charge in [0.05, 0.1) is 5.69 Å². The summed E-state index contributed by atoms with van der Waals surface area (Å²) in [4.78, 5) is 14.9. The minimum absolute atomic E-state index is 0.533. The van der Waals surface area contributed by atoms with Crippen molar-refractivity contribution in [2.45, 2.75) is 64.6 Å². The minimum atomic E-state index is 0.533. The Morgan fingerprint density at radius 1 is 1.27 bits per heavy atom. The lowest BCUT2D eigenvalue weighted by Crippen LogP contribution is -2.37. The molecule has 2 aromatic heterocycles. The van der Waals surface area contributed by atoms with Crippen LogP contribution in [0.4, 0.5) is 0 Å². The molecular formula is C18H23N3S. The second-order valence-electron chi connectivity index (χ2n) is 6.56. The normalized spacial score (nSPS) is 23.7. The lowest BCUT2D eigenvalue weighted by molar-refractivity contribution is 0.167. The molecule has 4 heterocycles. The lowest BCUT2D eigenvalue weighted by Gasteiger charge is -2.35. The molecule has 4 heteroatoms. The molecule has 3 nitrogen and oxygen atoms in total. The van der Waals surface area contributed by atoms with Gasteiger partial charge in [-0.1, -0.05) is 13.3 Å². The van der Waals surface area contributed by atoms with Crippen LogP contribution in [0.2, 0.25) is 0 Å². The van der Waals surface area contributed by atoms with E-state index in [1.807, 2.05) is 18.3 Å². The maximum atomic E-state index is 4.69. The van der Waals surface area contributed by atoms with Gasteiger partial charge in [-0.2, -0.15) is 0 Å². The third kappa shape index (κ3) is 2.48. The predicted octanol–water partition coefficient (Wildman–Crippen LogP) is 4.06. The fraction of sp³-hybridized carbons (Fsp3) is 0.556. The summed E-state index contributed by atoms with van der Waals surface area (Å²) >= 11 is 1.99. The number of fused-ring (bicyclic) bond motifs is 4. The number of rotatable bonds is 4. The fourth-order valence-corrected chi connectivity index (χ4v) is 5.12. The molecule has 0 aliphatic carbocycles. The predicted molar refractivity (Wildman–Crippen MR) is 90.1 cm³/mol. The van der Waals surface area contributed by atoms with Crippen molar-refractivity contribution in [2.75, 3.05) is 0 Å². The first-order chi connectivity index (χ1) is 10.7. The van der Waals surface area contributed by atoms with Gasteiger partial charge in [-0.15, -0.1) is 11.3 Å². The molecule has 2 aliphatic heterocycles. The fourth-order valence-electron chi connectivity index (χ4n) is 3.99. The first-order valence-electron chi connectivity index (χ1n) is 8.40. The van der Waals surface area contributed by atoms with E-state index >= 15 is 0 Å². The molecule has 4 rings (SSSR count). The Balaban J connectivity index is 1.57. The Bertz CT molecular complexity index is 679. The average molecular weight is 313 g/mol. The van der Waals surface area contributed by atoms with E-state index in [4.69, 9.17) is 0 Å². The number of nitrogens with zero attached hydrogens (tertiary/aromatic N) is 3. The van der Waals surface area contributed by atoms with Crippen LogP contribution in [0.1, 0.15) is 59.1 Å². The molecule has 2 aromatic rings. The van der Waals surface area contributed by atoms with Crippen molar-refractivity contribution in [2.24, 2.45) is 0 Å². The number of aryl methyl sites for hydroxylation is 2. The van der Waals surface area contributed by atoms with Gasteiger partial charge in [-0.3, -0.25) is 4.90 Å². The van der Waals surface area contributed by atoms with Gasteiger partial charge < -0.3 is 0 Å². The number of aromatic nitrogens is 2. The van der Waals surface area contributed by atoms with Crippen molar-refractivity contribution < 1.29 is 0 Å². The zero-order valence-corrected chi connectivity index (χ0v) is 14.2. The third-order valence-electron chi connectivity index (χ3n) is 5.00. The summed E-state index contributed by atoms with van der Waals surface area (Å²) in [5.74, 6) is 0.911. The minimum Gasteiger partial charge on any atom is -0.288 e. The SMILES string of the molecule is CCCc1ccc(CN2C3CCC2c2cnc(C)nc2C3)s1. The summed E-state index contributed by atoms with van der Waals surface area (Å²) < 4.78 is 0. The molecule has 1 fully saturated rings. The van der Waals surface area contributed by atoms with Crippen LogP contribution in [0, 0.1) is 6.92 Å². The van der Waals surface area contributed by atoms with Crippen LogP contribution in [-0.4, -0.2) is 20.9 Å². The van der Waals surface area contributed by atoms with Gasteiger partial charge in [0.15, 0.2) is 0 Å². The Morgan fingerprint density at radius 2 is 2.14 bits per heavy atom. The summed E-state index contributed by atoms with van der Waals surface area (Å²) in [6.45, 7) is 5.34. The van der Waals surface area contributed by atoms with E-state index in [0.717, 1.165) is 18.8 Å². The van der Waals surface area contributed by atoms with Gasteiger partial charge in [0.2, 0.25) is 0 Å². The first-order valence-corrected chi connectivity index (χ1v) is 9.22. The highest BCUT2D eigenvalue weighted by atomic mass is 32.1. The highest BCUT2D eigenvalue weighted by Crippen LogP contribution is 2.44. The summed E-state index contributed by atoms with van der Waals surface area (Å²) in [6, 6.07) is 5.85. The smallest absolute Gasteiger partial charge is 0.125 e. The second kappa shape index (κ2) is 5.74. The third-order valence-corrected chi connectivity index (χ3v) is 6.13. The van der Waals surface area contributed by atoms with Crippen molar-refractivity contribution >= 4 is 11.3 Å². The van der Waals surface area contributed by atoms with Gasteiger partial charge in [0.25, 0.3) is 0 Å². The Labute approximate surface area is 136 Å². The van der Waals surface area contributed by atoms with Crippen LogP contribution in [0.3, 0.4) is 0 Å². The number of thiophene rings is 1. The van der Waals surface area contributed by atoms with E-state index in [2.05, 4.69) is 40.1 Å². The van der Waals surface area contributed by atoms with Gasteiger partial charge in [0, 0.05) is 46.6 Å². The van der Waals surface area contributed by atoms with Crippen LogP contribution in [0.25, 0.3) is 0 Å². The van der Waals surface area contributed by atoms with E-state index in [9.17, 15) is 0 Å². The van der Waals surface area contributed by atoms with Crippen molar-refractivity contribution in [3.63, 3.8) is 0 Å². The molecule has 2 bridgehead atoms. The standard InChI is InChI=1S/C18H23N3S/c1-3-4-14-6-7-15(22-14)11-21-13-5-8-18(21)16-10-19-12(2)20-17(16)9-13/h6-7,10,13,18H,3-5,8-9,11H2,1-2H3. The molecule has 0 aromatic carbocycles. The van der Waals surface area contributed by atoms with E-state index in [-0.39, 0.29) is 0 Å². The molecule has 0 saturated carbocycles. The van der Waals surface area contributed by atoms with E-state index < -0.39 is 0 Å². The van der Waals surface area contributed by atoms with Crippen LogP contribution in [-0.2, 0) is 19.4 Å². The molecule has 0 spiro atoms. The number of hydrogen-bond acceptors (Lipinski definition) is 4. The van der Waals surface area contributed by atoms with E-state index in [1.165, 1.54) is 46.7 Å². The molecule has 22 heavy (non-hydrogen) atoms. The van der Waals surface area contributed by atoms with E-state index in [0.29, 0.717) is 12.1 Å². The van der Waals surface area contributed by atoms with Crippen molar-refractivity contribution in [3.8, 4) is 0 Å². The molecular weight excluding hydrogens is 290 g/mol. The molecule has 0 radical (unpaired) electrons. The summed E-state index contributed by atoms with van der Waals surface area (Å²) in [5, 5.41) is 0. The van der Waals surface area contributed by atoms with Crippen LogP contribution in [0.15, 0.2) is 18.3 Å². The Morgan fingerprint density at radius 3 is 3.00 bits per heavy atom. The molecule has 0 N–H and O–H groups in total. The molecule has 2 atom stereocenters. The number of hydrogen-bond donors (Lipinski definition) is 0. The van der Waals surface area contributed by atoms with Crippen molar-refractivity contribution in [1.82, 2.24) is 14.9 Å². The zero-order chi connectivity index (χ0) is 15.1. The van der Waals surface area contributed by atoms with Gasteiger partial charge in [-0.25, -0.2) is 9.97 Å². The van der Waals surface area contributed by atoms with Crippen molar-refractivity contribution in [3.05, 3.63) is 45.2 Å². The maximum absolute atomic E-state index is 4.69. The van der Waals surface area contributed by atoms with Gasteiger partial charge in [-0.05, 0) is 38.3 Å². The summed E-state index contributed by atoms with van der Waals surface area (Å²) in [6.07, 6.45) is 8.19. The largest absolute Gasteiger partial charge is 0.288 e. The molecule has 1 saturated heterocycles.